The van der Waals surface area contributed by atoms with E-state index in [1.165, 1.54) is 0 Å². The first-order chi connectivity index (χ1) is 11.8. The number of para-hydroxylation sites is 1. The third-order valence-electron chi connectivity index (χ3n) is 4.62. The summed E-state index contributed by atoms with van der Waals surface area (Å²) in [7, 11) is 0. The van der Waals surface area contributed by atoms with Gasteiger partial charge < -0.3 is 20.8 Å². The smallest absolute Gasteiger partial charge is 0.246 e. The highest BCUT2D eigenvalue weighted by molar-refractivity contribution is 6.12. The molecule has 0 saturated heterocycles. The molecule has 0 saturated carbocycles. The van der Waals surface area contributed by atoms with E-state index in [1.54, 1.807) is 6.07 Å². The van der Waals surface area contributed by atoms with E-state index in [9.17, 15) is 10.1 Å². The molecule has 2 aromatic rings. The van der Waals surface area contributed by atoms with Crippen LogP contribution in [0.2, 0.25) is 0 Å². The van der Waals surface area contributed by atoms with Crippen molar-refractivity contribution in [1.29, 1.82) is 5.26 Å². The lowest BCUT2D eigenvalue weighted by Gasteiger charge is -2.30. The molecule has 0 bridgehead atoms. The predicted octanol–water partition coefficient (Wildman–Crippen LogP) is 2.03. The Morgan fingerprint density at radius 3 is 2.72 bits per heavy atom. The van der Waals surface area contributed by atoms with Gasteiger partial charge in [0.25, 0.3) is 0 Å². The SMILES string of the molecule is CC(C)(C)c1nc2c([nH]1)C1(C(=O)Nc3ccccc31)C(C#N)=C(N)O2. The van der Waals surface area contributed by atoms with E-state index in [1.807, 2.05) is 39.0 Å². The molecular weight excluding hydrogens is 318 g/mol. The maximum Gasteiger partial charge on any atom is 0.246 e. The molecule has 1 amide bonds. The van der Waals surface area contributed by atoms with Crippen LogP contribution in [0.3, 0.4) is 0 Å². The standard InChI is InChI=1S/C18H17N5O2/c1-17(2,3)15-22-12-14(23-15)25-13(20)10(8-19)18(12)9-6-4-5-7-11(9)21-16(18)24/h4-7H,20H2,1-3H3,(H,21,24)(H,22,23). The number of rotatable bonds is 0. The van der Waals surface area contributed by atoms with Gasteiger partial charge in [-0.3, -0.25) is 4.79 Å². The summed E-state index contributed by atoms with van der Waals surface area (Å²) in [5.41, 5.74) is 6.13. The van der Waals surface area contributed by atoms with Gasteiger partial charge in [0.2, 0.25) is 17.7 Å². The fraction of sp³-hybridized carbons (Fsp3) is 0.278. The number of aromatic amines is 1. The first-order valence-electron chi connectivity index (χ1n) is 7.90. The number of nitrogens with two attached hydrogens (primary N) is 1. The Hall–Kier alpha value is -3.27. The van der Waals surface area contributed by atoms with Crippen molar-refractivity contribution in [2.75, 3.05) is 5.32 Å². The summed E-state index contributed by atoms with van der Waals surface area (Å²) in [5.74, 6) is 0.435. The number of amides is 1. The fourth-order valence-corrected chi connectivity index (χ4v) is 3.40. The lowest BCUT2D eigenvalue weighted by molar-refractivity contribution is -0.118. The maximum atomic E-state index is 13.1. The van der Waals surface area contributed by atoms with Gasteiger partial charge in [-0.1, -0.05) is 39.0 Å². The molecule has 0 radical (unpaired) electrons. The van der Waals surface area contributed by atoms with E-state index < -0.39 is 5.41 Å². The third-order valence-corrected chi connectivity index (χ3v) is 4.62. The number of fused-ring (bicyclic) bond motifs is 4. The van der Waals surface area contributed by atoms with Gasteiger partial charge in [-0.05, 0) is 6.07 Å². The van der Waals surface area contributed by atoms with E-state index in [-0.39, 0.29) is 28.7 Å². The minimum atomic E-state index is -1.38. The van der Waals surface area contributed by atoms with Gasteiger partial charge in [-0.15, -0.1) is 0 Å². The summed E-state index contributed by atoms with van der Waals surface area (Å²) in [6.45, 7) is 5.98. The van der Waals surface area contributed by atoms with Crippen molar-refractivity contribution in [2.24, 2.45) is 5.73 Å². The molecule has 7 heteroatoms. The Balaban J connectivity index is 2.10. The second-order valence-corrected chi connectivity index (χ2v) is 7.22. The first kappa shape index (κ1) is 15.3. The predicted molar refractivity (Wildman–Crippen MR) is 90.6 cm³/mol. The van der Waals surface area contributed by atoms with Gasteiger partial charge in [0, 0.05) is 16.7 Å². The molecule has 1 unspecified atom stereocenters. The minimum Gasteiger partial charge on any atom is -0.420 e. The van der Waals surface area contributed by atoms with Crippen molar-refractivity contribution in [3.63, 3.8) is 0 Å². The summed E-state index contributed by atoms with van der Waals surface area (Å²) in [5, 5.41) is 12.6. The molecule has 4 rings (SSSR count). The third kappa shape index (κ3) is 1.79. The Morgan fingerprint density at radius 2 is 2.04 bits per heavy atom. The van der Waals surface area contributed by atoms with Gasteiger partial charge in [-0.25, -0.2) is 0 Å². The van der Waals surface area contributed by atoms with Crippen LogP contribution in [0.15, 0.2) is 35.7 Å². The van der Waals surface area contributed by atoms with Gasteiger partial charge in [0.15, 0.2) is 5.41 Å². The van der Waals surface area contributed by atoms with Gasteiger partial charge >= 0.3 is 0 Å². The summed E-state index contributed by atoms with van der Waals surface area (Å²) in [6, 6.07) is 9.32. The Bertz CT molecular complexity index is 990. The molecule has 0 aliphatic carbocycles. The average Bonchev–Trinajstić information content (AvgIpc) is 3.08. The number of anilines is 1. The number of nitrogens with one attached hydrogen (secondary N) is 2. The van der Waals surface area contributed by atoms with Crippen LogP contribution in [0.1, 0.15) is 37.9 Å². The number of benzene rings is 1. The molecule has 1 aromatic heterocycles. The van der Waals surface area contributed by atoms with Crippen LogP contribution in [-0.2, 0) is 15.6 Å². The van der Waals surface area contributed by atoms with Crippen LogP contribution in [0.25, 0.3) is 0 Å². The van der Waals surface area contributed by atoms with Crippen LogP contribution >= 0.6 is 0 Å². The van der Waals surface area contributed by atoms with Crippen molar-refractivity contribution in [2.45, 2.75) is 31.6 Å². The molecule has 7 nitrogen and oxygen atoms in total. The minimum absolute atomic E-state index is 0.0616. The van der Waals surface area contributed by atoms with Gasteiger partial charge in [0.05, 0.1) is 0 Å². The zero-order valence-electron chi connectivity index (χ0n) is 14.1. The molecule has 1 atom stereocenters. The molecule has 4 N–H and O–H groups in total. The number of aromatic nitrogens is 2. The van der Waals surface area contributed by atoms with Crippen LogP contribution < -0.4 is 15.8 Å². The summed E-state index contributed by atoms with van der Waals surface area (Å²) < 4.78 is 5.57. The number of nitriles is 1. The summed E-state index contributed by atoms with van der Waals surface area (Å²) in [4.78, 5) is 20.8. The van der Waals surface area contributed by atoms with Crippen molar-refractivity contribution >= 4 is 11.6 Å². The van der Waals surface area contributed by atoms with Crippen LogP contribution in [0.4, 0.5) is 5.69 Å². The van der Waals surface area contributed by atoms with Crippen LogP contribution in [-0.4, -0.2) is 15.9 Å². The highest BCUT2D eigenvalue weighted by Gasteiger charge is 2.58. The molecule has 1 spiro atoms. The first-order valence-corrected chi connectivity index (χ1v) is 7.90. The number of imidazole rings is 1. The van der Waals surface area contributed by atoms with Gasteiger partial charge in [-0.2, -0.15) is 10.2 Å². The van der Waals surface area contributed by atoms with Crippen molar-refractivity contribution in [3.05, 3.63) is 52.8 Å². The van der Waals surface area contributed by atoms with Crippen molar-refractivity contribution < 1.29 is 9.53 Å². The van der Waals surface area contributed by atoms with E-state index >= 15 is 0 Å². The lowest BCUT2D eigenvalue weighted by Crippen LogP contribution is -2.42. The summed E-state index contributed by atoms with van der Waals surface area (Å²) in [6.07, 6.45) is 0. The number of carbonyl (C=O) groups excluding carboxylic acids is 1. The second kappa shape index (κ2) is 4.63. The molecule has 25 heavy (non-hydrogen) atoms. The zero-order chi connectivity index (χ0) is 18.0. The lowest BCUT2D eigenvalue weighted by atomic mass is 9.72. The normalized spacial score (nSPS) is 21.4. The molecule has 2 aliphatic rings. The molecular formula is C18H17N5O2. The molecule has 3 heterocycles. The topological polar surface area (TPSA) is 117 Å². The Morgan fingerprint density at radius 1 is 1.32 bits per heavy atom. The largest absolute Gasteiger partial charge is 0.420 e. The molecule has 126 valence electrons. The Kier molecular flexibility index (Phi) is 2.83. The van der Waals surface area contributed by atoms with Crippen molar-refractivity contribution in [1.82, 2.24) is 9.97 Å². The average molecular weight is 335 g/mol. The van der Waals surface area contributed by atoms with E-state index in [2.05, 4.69) is 21.4 Å². The van der Waals surface area contributed by atoms with E-state index in [0.717, 1.165) is 0 Å². The molecule has 2 aliphatic heterocycles. The maximum absolute atomic E-state index is 13.1. The number of nitrogens with zero attached hydrogens (tertiary/aromatic N) is 2. The Labute approximate surface area is 144 Å². The highest BCUT2D eigenvalue weighted by Crippen LogP contribution is 2.52. The van der Waals surface area contributed by atoms with Crippen LogP contribution in [0, 0.1) is 11.3 Å². The number of hydrogen-bond donors (Lipinski definition) is 3. The second-order valence-electron chi connectivity index (χ2n) is 7.22. The van der Waals surface area contributed by atoms with Crippen LogP contribution in [0.5, 0.6) is 5.88 Å². The molecule has 1 aromatic carbocycles. The number of ether oxygens (including phenoxy) is 1. The fourth-order valence-electron chi connectivity index (χ4n) is 3.40. The molecule has 0 fully saturated rings. The monoisotopic (exact) mass is 335 g/mol. The van der Waals surface area contributed by atoms with E-state index in [4.69, 9.17) is 10.5 Å². The zero-order valence-corrected chi connectivity index (χ0v) is 14.1. The van der Waals surface area contributed by atoms with E-state index in [0.29, 0.717) is 22.8 Å². The van der Waals surface area contributed by atoms with Gasteiger partial charge in [0.1, 0.15) is 23.2 Å². The quantitative estimate of drug-likeness (QED) is 0.681. The number of hydrogen-bond acceptors (Lipinski definition) is 5. The number of H-pyrrole nitrogens is 1. The summed E-state index contributed by atoms with van der Waals surface area (Å²) >= 11 is 0. The van der Waals surface area contributed by atoms with Crippen molar-refractivity contribution in [3.8, 4) is 11.9 Å². The number of carbonyl (C=O) groups is 1. The highest BCUT2D eigenvalue weighted by atomic mass is 16.5.